The van der Waals surface area contributed by atoms with Crippen LogP contribution in [0.15, 0.2) is 41.6 Å². The molecule has 0 bridgehead atoms. The van der Waals surface area contributed by atoms with Gasteiger partial charge in [0.2, 0.25) is 0 Å². The Morgan fingerprint density at radius 1 is 1.14 bits per heavy atom. The van der Waals surface area contributed by atoms with Gasteiger partial charge in [-0.15, -0.1) is 0 Å². The summed E-state index contributed by atoms with van der Waals surface area (Å²) in [5, 5.41) is 13.2. The molecule has 0 aliphatic carbocycles. The van der Waals surface area contributed by atoms with E-state index < -0.39 is 0 Å². The maximum Gasteiger partial charge on any atom is 0.173 e. The summed E-state index contributed by atoms with van der Waals surface area (Å²) in [6.45, 7) is 0.130. The highest BCUT2D eigenvalue weighted by atomic mass is 35.5. The average Bonchev–Trinajstić information content (AvgIpc) is 2.46. The molecule has 0 aromatic heterocycles. The summed E-state index contributed by atoms with van der Waals surface area (Å²) in [6.07, 6.45) is 0. The molecular weight excluding hydrogens is 335 g/mol. The first-order valence-electron chi connectivity index (χ1n) is 5.86. The van der Waals surface area contributed by atoms with Gasteiger partial charge in [-0.2, -0.15) is 0 Å². The second-order valence-corrected chi connectivity index (χ2v) is 5.37. The fourth-order valence-corrected chi connectivity index (χ4v) is 2.37. The first kappa shape index (κ1) is 15.8. The molecule has 0 spiro atoms. The van der Waals surface area contributed by atoms with Gasteiger partial charge in [0.1, 0.15) is 12.4 Å². The normalized spacial score (nSPS) is 11.5. The summed E-state index contributed by atoms with van der Waals surface area (Å²) in [5.74, 6) is 0.292. The number of nitrogens with zero attached hydrogens (tertiary/aromatic N) is 1. The molecular formula is C14H11Cl3N2O2. The lowest BCUT2D eigenvalue weighted by Gasteiger charge is -2.13. The van der Waals surface area contributed by atoms with Crippen LogP contribution in [-0.2, 0) is 6.61 Å². The minimum absolute atomic E-state index is 0.0769. The van der Waals surface area contributed by atoms with Crippen LogP contribution in [0.4, 0.5) is 0 Å². The van der Waals surface area contributed by atoms with Crippen LogP contribution in [0.5, 0.6) is 5.75 Å². The highest BCUT2D eigenvalue weighted by Gasteiger charge is 2.12. The van der Waals surface area contributed by atoms with E-state index in [1.165, 1.54) is 0 Å². The molecule has 0 radical (unpaired) electrons. The summed E-state index contributed by atoms with van der Waals surface area (Å²) in [4.78, 5) is 0. The van der Waals surface area contributed by atoms with Gasteiger partial charge >= 0.3 is 0 Å². The third-order valence-corrected chi connectivity index (χ3v) is 3.70. The zero-order valence-corrected chi connectivity index (χ0v) is 13.0. The van der Waals surface area contributed by atoms with Crippen LogP contribution in [0.1, 0.15) is 11.1 Å². The fraction of sp³-hybridized carbons (Fsp3) is 0.0714. The van der Waals surface area contributed by atoms with Crippen molar-refractivity contribution in [1.29, 1.82) is 0 Å². The van der Waals surface area contributed by atoms with Gasteiger partial charge in [-0.1, -0.05) is 46.0 Å². The van der Waals surface area contributed by atoms with E-state index in [1.54, 1.807) is 36.4 Å². The molecule has 0 saturated heterocycles. The van der Waals surface area contributed by atoms with Crippen LogP contribution in [0.3, 0.4) is 0 Å². The number of oxime groups is 1. The van der Waals surface area contributed by atoms with Gasteiger partial charge in [0, 0.05) is 20.6 Å². The van der Waals surface area contributed by atoms with E-state index in [-0.39, 0.29) is 12.4 Å². The van der Waals surface area contributed by atoms with Gasteiger partial charge in [-0.25, -0.2) is 0 Å². The molecule has 2 aromatic carbocycles. The second kappa shape index (κ2) is 6.89. The Morgan fingerprint density at radius 2 is 1.81 bits per heavy atom. The van der Waals surface area contributed by atoms with Crippen LogP contribution in [-0.4, -0.2) is 11.0 Å². The number of hydrogen-bond acceptors (Lipinski definition) is 3. The summed E-state index contributed by atoms with van der Waals surface area (Å²) < 4.78 is 5.66. The molecule has 4 nitrogen and oxygen atoms in total. The lowest BCUT2D eigenvalue weighted by Crippen LogP contribution is -2.15. The van der Waals surface area contributed by atoms with E-state index in [9.17, 15) is 0 Å². The smallest absolute Gasteiger partial charge is 0.173 e. The topological polar surface area (TPSA) is 67.8 Å². The minimum atomic E-state index is -0.0769. The Kier molecular flexibility index (Phi) is 5.17. The van der Waals surface area contributed by atoms with Gasteiger partial charge < -0.3 is 15.7 Å². The average molecular weight is 346 g/mol. The summed E-state index contributed by atoms with van der Waals surface area (Å²) >= 11 is 18.1. The molecule has 0 atom stereocenters. The minimum Gasteiger partial charge on any atom is -0.488 e. The molecule has 2 rings (SSSR count). The number of benzene rings is 2. The van der Waals surface area contributed by atoms with Crippen LogP contribution in [0.25, 0.3) is 0 Å². The number of hydrogen-bond donors (Lipinski definition) is 2. The molecule has 0 heterocycles. The molecule has 0 saturated carbocycles. The summed E-state index contributed by atoms with van der Waals surface area (Å²) in [5.41, 5.74) is 6.66. The van der Waals surface area contributed by atoms with Crippen molar-refractivity contribution in [3.8, 4) is 5.75 Å². The first-order valence-corrected chi connectivity index (χ1v) is 6.99. The van der Waals surface area contributed by atoms with Crippen molar-refractivity contribution in [1.82, 2.24) is 0 Å². The second-order valence-electron chi connectivity index (χ2n) is 4.11. The lowest BCUT2D eigenvalue weighted by molar-refractivity contribution is 0.303. The highest BCUT2D eigenvalue weighted by Crippen LogP contribution is 2.28. The van der Waals surface area contributed by atoms with Gasteiger partial charge in [0.25, 0.3) is 0 Å². The third-order valence-electron chi connectivity index (χ3n) is 2.76. The molecule has 7 heteroatoms. The van der Waals surface area contributed by atoms with Crippen molar-refractivity contribution in [2.24, 2.45) is 10.9 Å². The molecule has 3 N–H and O–H groups in total. The van der Waals surface area contributed by atoms with E-state index in [2.05, 4.69) is 5.16 Å². The zero-order valence-electron chi connectivity index (χ0n) is 10.7. The van der Waals surface area contributed by atoms with Crippen molar-refractivity contribution in [2.45, 2.75) is 6.61 Å². The van der Waals surface area contributed by atoms with E-state index >= 15 is 0 Å². The maximum atomic E-state index is 8.79. The van der Waals surface area contributed by atoms with Crippen molar-refractivity contribution >= 4 is 40.6 Å². The largest absolute Gasteiger partial charge is 0.488 e. The SMILES string of the molecule is N/C(=N/O)c1ccc(Cl)cc1OCc1c(Cl)cccc1Cl. The van der Waals surface area contributed by atoms with E-state index in [0.717, 1.165) is 0 Å². The summed E-state index contributed by atoms with van der Waals surface area (Å²) in [7, 11) is 0. The van der Waals surface area contributed by atoms with E-state index in [4.69, 9.17) is 50.5 Å². The van der Waals surface area contributed by atoms with Crippen LogP contribution in [0.2, 0.25) is 15.1 Å². The Balaban J connectivity index is 2.30. The molecule has 110 valence electrons. The van der Waals surface area contributed by atoms with Gasteiger partial charge in [-0.3, -0.25) is 0 Å². The monoisotopic (exact) mass is 344 g/mol. The number of amidine groups is 1. The van der Waals surface area contributed by atoms with Crippen LogP contribution >= 0.6 is 34.8 Å². The Bertz CT molecular complexity index is 670. The fourth-order valence-electron chi connectivity index (χ4n) is 1.70. The number of rotatable bonds is 4. The zero-order chi connectivity index (χ0) is 15.4. The molecule has 0 fully saturated rings. The van der Waals surface area contributed by atoms with Crippen molar-refractivity contribution in [2.75, 3.05) is 0 Å². The quantitative estimate of drug-likeness (QED) is 0.375. The van der Waals surface area contributed by atoms with Crippen molar-refractivity contribution in [3.63, 3.8) is 0 Å². The molecule has 0 aliphatic heterocycles. The van der Waals surface area contributed by atoms with Crippen molar-refractivity contribution < 1.29 is 9.94 Å². The van der Waals surface area contributed by atoms with Crippen LogP contribution in [0, 0.1) is 0 Å². The predicted octanol–water partition coefficient (Wildman–Crippen LogP) is 4.32. The third kappa shape index (κ3) is 3.73. The first-order chi connectivity index (χ1) is 10.0. The molecule has 2 aromatic rings. The number of nitrogens with two attached hydrogens (primary N) is 1. The molecule has 0 unspecified atom stereocenters. The van der Waals surface area contributed by atoms with Crippen molar-refractivity contribution in [3.05, 3.63) is 62.6 Å². The van der Waals surface area contributed by atoms with Crippen LogP contribution < -0.4 is 10.5 Å². The molecule has 0 aliphatic rings. The number of ether oxygens (including phenoxy) is 1. The lowest BCUT2D eigenvalue weighted by atomic mass is 10.2. The predicted molar refractivity (Wildman–Crippen MR) is 84.8 cm³/mol. The standard InChI is InChI=1S/C14H11Cl3N2O2/c15-8-4-5-9(14(18)19-20)13(6-8)21-7-10-11(16)2-1-3-12(10)17/h1-6,20H,7H2,(H2,18,19). The molecule has 21 heavy (non-hydrogen) atoms. The highest BCUT2D eigenvalue weighted by molar-refractivity contribution is 6.36. The summed E-state index contributed by atoms with van der Waals surface area (Å²) in [6, 6.07) is 9.96. The van der Waals surface area contributed by atoms with E-state index in [0.29, 0.717) is 31.9 Å². The Labute approximate surface area is 136 Å². The van der Waals surface area contributed by atoms with E-state index in [1.807, 2.05) is 0 Å². The Hall–Kier alpha value is -1.62. The Morgan fingerprint density at radius 3 is 2.43 bits per heavy atom. The number of halogens is 3. The maximum absolute atomic E-state index is 8.79. The van der Waals surface area contributed by atoms with Gasteiger partial charge in [0.05, 0.1) is 5.56 Å². The van der Waals surface area contributed by atoms with Gasteiger partial charge in [-0.05, 0) is 30.3 Å². The van der Waals surface area contributed by atoms with Gasteiger partial charge in [0.15, 0.2) is 5.84 Å². The molecule has 0 amide bonds.